The largest absolute Gasteiger partial charge is 0.291 e. The van der Waals surface area contributed by atoms with Crippen molar-refractivity contribution < 1.29 is 0 Å². The summed E-state index contributed by atoms with van der Waals surface area (Å²) in [6.45, 7) is 4.04. The molecule has 78 valence electrons. The first-order chi connectivity index (χ1) is 7.27. The Morgan fingerprint density at radius 3 is 2.80 bits per heavy atom. The first kappa shape index (κ1) is 9.97. The Kier molecular flexibility index (Phi) is 2.86. The topological polar surface area (TPSA) is 22.0 Å². The van der Waals surface area contributed by atoms with Crippen LogP contribution in [0.4, 0.5) is 0 Å². The summed E-state index contributed by atoms with van der Waals surface area (Å²) in [5.74, 6) is 0. The minimum atomic E-state index is 0.0170. The fourth-order valence-corrected chi connectivity index (χ4v) is 1.86. The summed E-state index contributed by atoms with van der Waals surface area (Å²) in [5, 5.41) is 0. The van der Waals surface area contributed by atoms with Crippen LogP contribution in [-0.2, 0) is 0 Å². The summed E-state index contributed by atoms with van der Waals surface area (Å²) in [7, 11) is 0. The summed E-state index contributed by atoms with van der Waals surface area (Å²) in [5.41, 5.74) is 2.41. The number of nitrogens with zero attached hydrogens (tertiary/aromatic N) is 1. The van der Waals surface area contributed by atoms with Gasteiger partial charge in [-0.15, -0.1) is 0 Å². The molecule has 0 saturated heterocycles. The normalized spacial score (nSPS) is 19.5. The molecule has 0 aliphatic heterocycles. The summed E-state index contributed by atoms with van der Waals surface area (Å²) in [6.07, 6.45) is 8.24. The van der Waals surface area contributed by atoms with Crippen molar-refractivity contribution in [1.82, 2.24) is 4.57 Å². The Morgan fingerprint density at radius 1 is 1.27 bits per heavy atom. The second kappa shape index (κ2) is 4.30. The van der Waals surface area contributed by atoms with Gasteiger partial charge in [-0.3, -0.25) is 9.36 Å². The van der Waals surface area contributed by atoms with Crippen molar-refractivity contribution in [2.24, 2.45) is 0 Å². The zero-order valence-corrected chi connectivity index (χ0v) is 8.78. The molecular weight excluding hydrogens is 186 g/mol. The molecule has 0 spiro atoms. The molecule has 1 aromatic rings. The van der Waals surface area contributed by atoms with E-state index in [0.717, 1.165) is 12.8 Å². The van der Waals surface area contributed by atoms with Crippen molar-refractivity contribution in [1.29, 1.82) is 0 Å². The lowest BCUT2D eigenvalue weighted by Crippen LogP contribution is -2.13. The Morgan fingerprint density at radius 2 is 2.07 bits per heavy atom. The third-order valence-corrected chi connectivity index (χ3v) is 2.77. The fraction of sp³-hybridized carbons (Fsp3) is 0.308. The van der Waals surface area contributed by atoms with Crippen molar-refractivity contribution in [3.05, 3.63) is 52.5 Å². The van der Waals surface area contributed by atoms with Gasteiger partial charge in [-0.2, -0.15) is 0 Å². The Balaban J connectivity index is 2.33. The lowest BCUT2D eigenvalue weighted by molar-refractivity contribution is 0.681. The van der Waals surface area contributed by atoms with E-state index in [1.165, 1.54) is 24.0 Å². The van der Waals surface area contributed by atoms with E-state index in [9.17, 15) is 4.79 Å². The number of allylic oxidation sites excluding steroid dienone is 2. The van der Waals surface area contributed by atoms with Crippen LogP contribution < -0.4 is 5.56 Å². The van der Waals surface area contributed by atoms with E-state index in [1.54, 1.807) is 22.9 Å². The third-order valence-electron chi connectivity index (χ3n) is 2.77. The summed E-state index contributed by atoms with van der Waals surface area (Å²) in [6, 6.07) is 5.19. The molecule has 1 saturated carbocycles. The van der Waals surface area contributed by atoms with Crippen LogP contribution in [0, 0.1) is 0 Å². The van der Waals surface area contributed by atoms with E-state index in [4.69, 9.17) is 0 Å². The number of aromatic nitrogens is 1. The van der Waals surface area contributed by atoms with E-state index in [-0.39, 0.29) is 5.56 Å². The molecule has 0 bridgehead atoms. The maximum absolute atomic E-state index is 11.5. The van der Waals surface area contributed by atoms with Gasteiger partial charge in [-0.05, 0) is 37.3 Å². The van der Waals surface area contributed by atoms with Crippen LogP contribution in [0.3, 0.4) is 0 Å². The molecule has 0 unspecified atom stereocenters. The minimum absolute atomic E-state index is 0.0170. The summed E-state index contributed by atoms with van der Waals surface area (Å²) >= 11 is 0. The van der Waals surface area contributed by atoms with E-state index < -0.39 is 0 Å². The van der Waals surface area contributed by atoms with Crippen LogP contribution in [0.2, 0.25) is 0 Å². The van der Waals surface area contributed by atoms with Gasteiger partial charge >= 0.3 is 0 Å². The lowest BCUT2D eigenvalue weighted by atomic mass is 9.91. The SMILES string of the molecule is C=C1CCCC/C1=C/n1ccccc1=O. The minimum Gasteiger partial charge on any atom is -0.291 e. The van der Waals surface area contributed by atoms with Gasteiger partial charge in [-0.25, -0.2) is 0 Å². The van der Waals surface area contributed by atoms with Crippen LogP contribution in [0.5, 0.6) is 0 Å². The van der Waals surface area contributed by atoms with Crippen LogP contribution in [0.25, 0.3) is 6.20 Å². The molecule has 1 heterocycles. The van der Waals surface area contributed by atoms with E-state index in [1.807, 2.05) is 12.3 Å². The van der Waals surface area contributed by atoms with Crippen LogP contribution in [-0.4, -0.2) is 4.57 Å². The Hall–Kier alpha value is -1.57. The van der Waals surface area contributed by atoms with Crippen molar-refractivity contribution in [2.45, 2.75) is 25.7 Å². The first-order valence-corrected chi connectivity index (χ1v) is 5.33. The average Bonchev–Trinajstić information content (AvgIpc) is 2.24. The number of hydrogen-bond acceptors (Lipinski definition) is 1. The number of pyridine rings is 1. The van der Waals surface area contributed by atoms with Gasteiger partial charge < -0.3 is 0 Å². The molecule has 2 heteroatoms. The zero-order chi connectivity index (χ0) is 10.7. The molecule has 0 aromatic carbocycles. The maximum atomic E-state index is 11.5. The molecule has 2 rings (SSSR count). The Bertz CT molecular complexity index is 454. The van der Waals surface area contributed by atoms with Crippen LogP contribution in [0.1, 0.15) is 25.7 Å². The molecule has 1 aliphatic rings. The first-order valence-electron chi connectivity index (χ1n) is 5.33. The van der Waals surface area contributed by atoms with Crippen LogP contribution >= 0.6 is 0 Å². The van der Waals surface area contributed by atoms with Crippen molar-refractivity contribution in [2.75, 3.05) is 0 Å². The molecule has 0 radical (unpaired) electrons. The molecule has 0 atom stereocenters. The molecule has 1 fully saturated rings. The molecule has 1 aliphatic carbocycles. The van der Waals surface area contributed by atoms with E-state index >= 15 is 0 Å². The number of rotatable bonds is 1. The highest BCUT2D eigenvalue weighted by molar-refractivity contribution is 5.44. The molecule has 0 amide bonds. The zero-order valence-electron chi connectivity index (χ0n) is 8.78. The highest BCUT2D eigenvalue weighted by Crippen LogP contribution is 2.27. The van der Waals surface area contributed by atoms with Crippen molar-refractivity contribution in [3.8, 4) is 0 Å². The van der Waals surface area contributed by atoms with Crippen molar-refractivity contribution >= 4 is 6.20 Å². The van der Waals surface area contributed by atoms with Crippen LogP contribution in [0.15, 0.2) is 46.9 Å². The molecule has 1 aromatic heterocycles. The van der Waals surface area contributed by atoms with Gasteiger partial charge in [0, 0.05) is 18.5 Å². The standard InChI is InChI=1S/C13H15NO/c1-11-6-2-3-7-12(11)10-14-9-5-4-8-13(14)15/h4-5,8-10H,1-3,6-7H2/b12-10-. The number of hydrogen-bond donors (Lipinski definition) is 0. The Labute approximate surface area is 89.6 Å². The highest BCUT2D eigenvalue weighted by atomic mass is 16.1. The van der Waals surface area contributed by atoms with Gasteiger partial charge in [0.05, 0.1) is 0 Å². The van der Waals surface area contributed by atoms with Gasteiger partial charge in [0.2, 0.25) is 0 Å². The summed E-state index contributed by atoms with van der Waals surface area (Å²) in [4.78, 5) is 11.5. The molecule has 2 nitrogen and oxygen atoms in total. The van der Waals surface area contributed by atoms with Gasteiger partial charge in [0.25, 0.3) is 5.56 Å². The highest BCUT2D eigenvalue weighted by Gasteiger charge is 2.09. The van der Waals surface area contributed by atoms with Gasteiger partial charge in [-0.1, -0.05) is 18.2 Å². The van der Waals surface area contributed by atoms with Crippen molar-refractivity contribution in [3.63, 3.8) is 0 Å². The van der Waals surface area contributed by atoms with Gasteiger partial charge in [0.15, 0.2) is 0 Å². The average molecular weight is 201 g/mol. The van der Waals surface area contributed by atoms with E-state index in [0.29, 0.717) is 0 Å². The summed E-state index contributed by atoms with van der Waals surface area (Å²) < 4.78 is 1.63. The molecular formula is C13H15NO. The smallest absolute Gasteiger partial charge is 0.254 e. The maximum Gasteiger partial charge on any atom is 0.254 e. The monoisotopic (exact) mass is 201 g/mol. The second-order valence-electron chi connectivity index (χ2n) is 3.91. The van der Waals surface area contributed by atoms with Gasteiger partial charge in [0.1, 0.15) is 0 Å². The molecule has 0 N–H and O–H groups in total. The van der Waals surface area contributed by atoms with E-state index in [2.05, 4.69) is 6.58 Å². The predicted octanol–water partition coefficient (Wildman–Crippen LogP) is 2.82. The lowest BCUT2D eigenvalue weighted by Gasteiger charge is -2.16. The fourth-order valence-electron chi connectivity index (χ4n) is 1.86. The third kappa shape index (κ3) is 2.27. The quantitative estimate of drug-likeness (QED) is 0.684. The second-order valence-corrected chi connectivity index (χ2v) is 3.91. The predicted molar refractivity (Wildman–Crippen MR) is 62.6 cm³/mol. The molecule has 15 heavy (non-hydrogen) atoms.